The standard InChI is InChI=1S/C9H10F4S/c1-8(2,3)5-4-14-7(6(5)10)9(11,12)13/h4H,1-3H3. The summed E-state index contributed by atoms with van der Waals surface area (Å²) in [7, 11) is 0. The number of rotatable bonds is 0. The summed E-state index contributed by atoms with van der Waals surface area (Å²) in [6, 6.07) is 0. The van der Waals surface area contributed by atoms with Gasteiger partial charge in [-0.1, -0.05) is 20.8 Å². The predicted molar refractivity (Wildman–Crippen MR) is 48.0 cm³/mol. The molecular formula is C9H10F4S. The first kappa shape index (κ1) is 11.5. The smallest absolute Gasteiger partial charge is 0.205 e. The number of alkyl halides is 3. The minimum absolute atomic E-state index is 0.120. The second-order valence-corrected chi connectivity index (χ2v) is 4.92. The van der Waals surface area contributed by atoms with Crippen molar-refractivity contribution in [3.8, 4) is 0 Å². The molecule has 0 spiro atoms. The molecule has 0 unspecified atom stereocenters. The normalized spacial score (nSPS) is 13.4. The van der Waals surface area contributed by atoms with Crippen molar-refractivity contribution in [3.63, 3.8) is 0 Å². The molecule has 0 aliphatic carbocycles. The maximum absolute atomic E-state index is 13.3. The van der Waals surface area contributed by atoms with Crippen LogP contribution in [0.4, 0.5) is 17.6 Å². The summed E-state index contributed by atoms with van der Waals surface area (Å²) >= 11 is 0.410. The minimum atomic E-state index is -4.59. The van der Waals surface area contributed by atoms with E-state index in [1.807, 2.05) is 0 Å². The summed E-state index contributed by atoms with van der Waals surface area (Å²) in [5.41, 5.74) is -0.473. The topological polar surface area (TPSA) is 0 Å². The molecule has 1 aromatic rings. The van der Waals surface area contributed by atoms with Crippen molar-refractivity contribution in [1.82, 2.24) is 0 Å². The second kappa shape index (κ2) is 3.22. The maximum Gasteiger partial charge on any atom is 0.428 e. The van der Waals surface area contributed by atoms with Gasteiger partial charge in [0, 0.05) is 5.56 Å². The summed E-state index contributed by atoms with van der Waals surface area (Å²) in [5.74, 6) is -1.13. The zero-order chi connectivity index (χ0) is 11.1. The van der Waals surface area contributed by atoms with Crippen LogP contribution >= 0.6 is 11.3 Å². The van der Waals surface area contributed by atoms with Crippen molar-refractivity contribution in [1.29, 1.82) is 0 Å². The van der Waals surface area contributed by atoms with E-state index >= 15 is 0 Å². The first-order valence-corrected chi connectivity index (χ1v) is 4.86. The molecule has 0 aromatic carbocycles. The summed E-state index contributed by atoms with van der Waals surface area (Å²) in [4.78, 5) is -1.14. The molecule has 0 atom stereocenters. The van der Waals surface area contributed by atoms with Crippen LogP contribution in [-0.4, -0.2) is 0 Å². The highest BCUT2D eigenvalue weighted by Crippen LogP contribution is 2.40. The Morgan fingerprint density at radius 3 is 1.86 bits per heavy atom. The van der Waals surface area contributed by atoms with Crippen LogP contribution in [-0.2, 0) is 11.6 Å². The Morgan fingerprint density at radius 1 is 1.14 bits per heavy atom. The second-order valence-electron chi connectivity index (χ2n) is 4.04. The van der Waals surface area contributed by atoms with Gasteiger partial charge in [0.1, 0.15) is 10.7 Å². The Bertz CT molecular complexity index is 298. The van der Waals surface area contributed by atoms with E-state index in [-0.39, 0.29) is 5.56 Å². The minimum Gasteiger partial charge on any atom is -0.205 e. The fourth-order valence-corrected chi connectivity index (χ4v) is 2.08. The third-order valence-corrected chi connectivity index (χ3v) is 2.80. The van der Waals surface area contributed by atoms with Gasteiger partial charge in [0.2, 0.25) is 0 Å². The van der Waals surface area contributed by atoms with Crippen molar-refractivity contribution in [2.75, 3.05) is 0 Å². The summed E-state index contributed by atoms with van der Waals surface area (Å²) in [6.45, 7) is 5.04. The lowest BCUT2D eigenvalue weighted by Gasteiger charge is -2.16. The molecule has 14 heavy (non-hydrogen) atoms. The summed E-state index contributed by atoms with van der Waals surface area (Å²) in [6.07, 6.45) is -4.59. The molecule has 1 heterocycles. The van der Waals surface area contributed by atoms with Crippen LogP contribution in [0, 0.1) is 5.82 Å². The SMILES string of the molecule is CC(C)(C)c1csc(C(F)(F)F)c1F. The molecule has 1 aromatic heterocycles. The van der Waals surface area contributed by atoms with Gasteiger partial charge in [-0.2, -0.15) is 13.2 Å². The van der Waals surface area contributed by atoms with Crippen LogP contribution in [0.15, 0.2) is 5.38 Å². The van der Waals surface area contributed by atoms with Crippen LogP contribution in [0.3, 0.4) is 0 Å². The fourth-order valence-electron chi connectivity index (χ4n) is 1.04. The number of halogens is 4. The molecule has 80 valence electrons. The van der Waals surface area contributed by atoms with Crippen molar-refractivity contribution >= 4 is 11.3 Å². The average Bonchev–Trinajstić information content (AvgIpc) is 2.26. The van der Waals surface area contributed by atoms with Crippen molar-refractivity contribution in [2.24, 2.45) is 0 Å². The van der Waals surface area contributed by atoms with Crippen LogP contribution < -0.4 is 0 Å². The highest BCUT2D eigenvalue weighted by molar-refractivity contribution is 7.10. The Morgan fingerprint density at radius 2 is 1.64 bits per heavy atom. The fraction of sp³-hybridized carbons (Fsp3) is 0.556. The van der Waals surface area contributed by atoms with Gasteiger partial charge >= 0.3 is 6.18 Å². The average molecular weight is 226 g/mol. The molecule has 0 aliphatic heterocycles. The monoisotopic (exact) mass is 226 g/mol. The molecule has 0 saturated carbocycles. The van der Waals surface area contributed by atoms with Gasteiger partial charge in [0.15, 0.2) is 0 Å². The summed E-state index contributed by atoms with van der Waals surface area (Å²) < 4.78 is 50.0. The molecule has 0 bridgehead atoms. The van der Waals surface area contributed by atoms with Gasteiger partial charge in [-0.25, -0.2) is 4.39 Å². The quantitative estimate of drug-likeness (QED) is 0.581. The van der Waals surface area contributed by atoms with Crippen LogP contribution in [0.5, 0.6) is 0 Å². The number of hydrogen-bond acceptors (Lipinski definition) is 1. The third-order valence-electron chi connectivity index (χ3n) is 1.80. The van der Waals surface area contributed by atoms with Crippen LogP contribution in [0.25, 0.3) is 0 Å². The number of hydrogen-bond donors (Lipinski definition) is 0. The van der Waals surface area contributed by atoms with Crippen molar-refractivity contribution < 1.29 is 17.6 Å². The van der Waals surface area contributed by atoms with Gasteiger partial charge in [-0.3, -0.25) is 0 Å². The number of thiophene rings is 1. The van der Waals surface area contributed by atoms with Crippen LogP contribution in [0.2, 0.25) is 0 Å². The maximum atomic E-state index is 13.3. The van der Waals surface area contributed by atoms with E-state index in [2.05, 4.69) is 0 Å². The van der Waals surface area contributed by atoms with E-state index in [0.29, 0.717) is 11.3 Å². The molecule has 0 saturated heterocycles. The van der Waals surface area contributed by atoms with Gasteiger partial charge in [-0.05, 0) is 10.8 Å². The van der Waals surface area contributed by atoms with Gasteiger partial charge in [0.05, 0.1) is 0 Å². The lowest BCUT2D eigenvalue weighted by molar-refractivity contribution is -0.136. The van der Waals surface area contributed by atoms with Crippen molar-refractivity contribution in [3.05, 3.63) is 21.6 Å². The van der Waals surface area contributed by atoms with E-state index in [0.717, 1.165) is 0 Å². The Labute approximate surface area is 83.6 Å². The van der Waals surface area contributed by atoms with Gasteiger partial charge in [0.25, 0.3) is 0 Å². The van der Waals surface area contributed by atoms with E-state index in [4.69, 9.17) is 0 Å². The van der Waals surface area contributed by atoms with Gasteiger partial charge < -0.3 is 0 Å². The molecule has 5 heteroatoms. The van der Waals surface area contributed by atoms with E-state index in [1.165, 1.54) is 5.38 Å². The highest BCUT2D eigenvalue weighted by Gasteiger charge is 2.38. The Kier molecular flexibility index (Phi) is 2.65. The first-order valence-electron chi connectivity index (χ1n) is 3.98. The van der Waals surface area contributed by atoms with Crippen LogP contribution in [0.1, 0.15) is 31.2 Å². The lowest BCUT2D eigenvalue weighted by Crippen LogP contribution is -2.13. The lowest BCUT2D eigenvalue weighted by atomic mass is 9.89. The van der Waals surface area contributed by atoms with Gasteiger partial charge in [-0.15, -0.1) is 11.3 Å². The third kappa shape index (κ3) is 2.08. The van der Waals surface area contributed by atoms with Crippen molar-refractivity contribution in [2.45, 2.75) is 32.4 Å². The Hall–Kier alpha value is -0.580. The van der Waals surface area contributed by atoms with E-state index in [1.54, 1.807) is 20.8 Å². The summed E-state index contributed by atoms with van der Waals surface area (Å²) in [5, 5.41) is 1.23. The molecule has 1 rings (SSSR count). The molecular weight excluding hydrogens is 216 g/mol. The molecule has 0 aliphatic rings. The van der Waals surface area contributed by atoms with E-state index < -0.39 is 22.3 Å². The predicted octanol–water partition coefficient (Wildman–Crippen LogP) is 4.20. The molecule has 0 radical (unpaired) electrons. The zero-order valence-electron chi connectivity index (χ0n) is 8.00. The molecule has 0 nitrogen and oxygen atoms in total. The van der Waals surface area contributed by atoms with E-state index in [9.17, 15) is 17.6 Å². The first-order chi connectivity index (χ1) is 6.14. The molecule has 0 fully saturated rings. The molecule has 0 amide bonds. The highest BCUT2D eigenvalue weighted by atomic mass is 32.1. The largest absolute Gasteiger partial charge is 0.428 e. The molecule has 0 N–H and O–H groups in total. The zero-order valence-corrected chi connectivity index (χ0v) is 8.81. The Balaban J connectivity index is 3.23.